The van der Waals surface area contributed by atoms with Crippen molar-refractivity contribution in [3.8, 4) is 0 Å². The SMILES string of the molecule is CN(C(=O)c1cc(C(=O)NOCc2cccc3ccccc23)nn1CC(=O)N[C@H]1CCCC[C@@H]1COCc1ccccc1)[C@H]1CCCC[C@@H]1OCc1ccccc1. The average molecular weight is 772 g/mol. The number of hydroxylamine groups is 1. The summed E-state index contributed by atoms with van der Waals surface area (Å²) >= 11 is 0. The number of carbonyl (C=O) groups excluding carboxylic acids is 3. The van der Waals surface area contributed by atoms with Crippen molar-refractivity contribution in [2.45, 2.75) is 95.9 Å². The molecular formula is C46H53N5O6. The molecule has 1 aromatic heterocycles. The first-order chi connectivity index (χ1) is 27.9. The standard InChI is InChI=1S/C46H53N5O6/c1-50(41-25-12-13-26-43(41)56-30-34-17-6-3-7-18-34)46(54)42-27-40(45(53)49-57-32-36-22-14-21-35-19-8-10-23-38(35)36)48-51(42)28-44(52)47-39-24-11-9-20-37(39)31-55-29-33-15-4-2-5-16-33/h2-8,10,14-19,21-23,27,37,39,41,43H,9,11-13,20,24-26,28-32H2,1H3,(H,47,52)(H,49,53)/t37-,39+,41+,43+/m1/s1. The summed E-state index contributed by atoms with van der Waals surface area (Å²) in [6, 6.07) is 35.1. The van der Waals surface area contributed by atoms with Crippen molar-refractivity contribution in [2.75, 3.05) is 13.7 Å². The number of likely N-dealkylation sites (N-methyl/N-ethyl adjacent to an activating group) is 1. The summed E-state index contributed by atoms with van der Waals surface area (Å²) in [5.74, 6) is -1.07. The lowest BCUT2D eigenvalue weighted by atomic mass is 9.85. The summed E-state index contributed by atoms with van der Waals surface area (Å²) in [4.78, 5) is 49.1. The van der Waals surface area contributed by atoms with Gasteiger partial charge in [-0.15, -0.1) is 0 Å². The number of amides is 3. The zero-order chi connectivity index (χ0) is 39.4. The van der Waals surface area contributed by atoms with Gasteiger partial charge < -0.3 is 19.7 Å². The Morgan fingerprint density at radius 3 is 2.26 bits per heavy atom. The highest BCUT2D eigenvalue weighted by Gasteiger charge is 2.34. The first-order valence-corrected chi connectivity index (χ1v) is 20.2. The van der Waals surface area contributed by atoms with Crippen LogP contribution in [0.1, 0.15) is 89.0 Å². The number of aromatic nitrogens is 2. The first-order valence-electron chi connectivity index (χ1n) is 20.2. The van der Waals surface area contributed by atoms with Crippen LogP contribution in [0.4, 0.5) is 0 Å². The van der Waals surface area contributed by atoms with Gasteiger partial charge in [0.05, 0.1) is 32.0 Å². The van der Waals surface area contributed by atoms with Crippen LogP contribution in [0.3, 0.4) is 0 Å². The van der Waals surface area contributed by atoms with Gasteiger partial charge in [0.1, 0.15) is 18.8 Å². The quantitative estimate of drug-likeness (QED) is 0.100. The molecule has 0 saturated heterocycles. The minimum absolute atomic E-state index is 0.0251. The number of nitrogens with zero attached hydrogens (tertiary/aromatic N) is 3. The van der Waals surface area contributed by atoms with Crippen molar-refractivity contribution in [3.05, 3.63) is 137 Å². The lowest BCUT2D eigenvalue weighted by molar-refractivity contribution is -0.123. The van der Waals surface area contributed by atoms with Gasteiger partial charge >= 0.3 is 0 Å². The second-order valence-electron chi connectivity index (χ2n) is 15.3. The molecule has 4 atom stereocenters. The second kappa shape index (κ2) is 19.7. The van der Waals surface area contributed by atoms with E-state index in [9.17, 15) is 14.4 Å². The molecule has 0 unspecified atom stereocenters. The highest BCUT2D eigenvalue weighted by molar-refractivity contribution is 5.98. The molecule has 2 aliphatic rings. The van der Waals surface area contributed by atoms with E-state index in [1.165, 1.54) is 10.7 Å². The molecule has 57 heavy (non-hydrogen) atoms. The molecule has 2 N–H and O–H groups in total. The molecule has 298 valence electrons. The molecule has 2 fully saturated rings. The van der Waals surface area contributed by atoms with Gasteiger partial charge in [-0.05, 0) is 53.1 Å². The molecule has 3 amide bonds. The topological polar surface area (TPSA) is 124 Å². The summed E-state index contributed by atoms with van der Waals surface area (Å²) in [6.45, 7) is 1.40. The van der Waals surface area contributed by atoms with Crippen LogP contribution >= 0.6 is 0 Å². The molecule has 2 aliphatic carbocycles. The molecule has 5 aromatic rings. The Hall–Kier alpha value is -5.36. The number of hydrogen-bond acceptors (Lipinski definition) is 7. The Bertz CT molecular complexity index is 2080. The summed E-state index contributed by atoms with van der Waals surface area (Å²) in [7, 11) is 1.77. The largest absolute Gasteiger partial charge is 0.376 e. The maximum atomic E-state index is 14.4. The van der Waals surface area contributed by atoms with Gasteiger partial charge in [0, 0.05) is 25.1 Å². The molecular weight excluding hydrogens is 719 g/mol. The van der Waals surface area contributed by atoms with E-state index < -0.39 is 5.91 Å². The molecule has 2 saturated carbocycles. The summed E-state index contributed by atoms with van der Waals surface area (Å²) in [5.41, 5.74) is 5.72. The molecule has 0 aliphatic heterocycles. The van der Waals surface area contributed by atoms with Gasteiger partial charge in [-0.25, -0.2) is 10.2 Å². The Morgan fingerprint density at radius 2 is 1.46 bits per heavy atom. The minimum Gasteiger partial charge on any atom is -0.376 e. The van der Waals surface area contributed by atoms with Gasteiger partial charge in [-0.2, -0.15) is 5.10 Å². The molecule has 11 heteroatoms. The van der Waals surface area contributed by atoms with E-state index in [2.05, 4.69) is 15.9 Å². The lowest BCUT2D eigenvalue weighted by Gasteiger charge is -2.37. The zero-order valence-corrected chi connectivity index (χ0v) is 32.7. The van der Waals surface area contributed by atoms with E-state index in [1.807, 2.05) is 103 Å². The fourth-order valence-electron chi connectivity index (χ4n) is 8.18. The van der Waals surface area contributed by atoms with Gasteiger partial charge in [0.15, 0.2) is 5.69 Å². The smallest absolute Gasteiger partial charge is 0.295 e. The van der Waals surface area contributed by atoms with Crippen LogP contribution in [0.15, 0.2) is 109 Å². The number of carbonyl (C=O) groups is 3. The predicted molar refractivity (Wildman–Crippen MR) is 218 cm³/mol. The van der Waals surface area contributed by atoms with E-state index in [0.717, 1.165) is 78.8 Å². The monoisotopic (exact) mass is 771 g/mol. The molecule has 0 radical (unpaired) electrons. The number of hydrogen-bond donors (Lipinski definition) is 2. The number of ether oxygens (including phenoxy) is 2. The van der Waals surface area contributed by atoms with Crippen LogP contribution in [0.25, 0.3) is 10.8 Å². The third-order valence-corrected chi connectivity index (χ3v) is 11.3. The van der Waals surface area contributed by atoms with E-state index in [1.54, 1.807) is 11.9 Å². The van der Waals surface area contributed by atoms with Crippen LogP contribution in [-0.2, 0) is 45.5 Å². The zero-order valence-electron chi connectivity index (χ0n) is 32.7. The Labute approximate surface area is 334 Å². The Balaban J connectivity index is 1.05. The van der Waals surface area contributed by atoms with Crippen LogP contribution < -0.4 is 10.8 Å². The Kier molecular flexibility index (Phi) is 13.8. The van der Waals surface area contributed by atoms with Gasteiger partial charge in [-0.1, -0.05) is 129 Å². The fourth-order valence-corrected chi connectivity index (χ4v) is 8.18. The van der Waals surface area contributed by atoms with Crippen molar-refractivity contribution in [3.63, 3.8) is 0 Å². The summed E-state index contributed by atoms with van der Waals surface area (Å²) in [6.07, 6.45) is 7.30. The maximum Gasteiger partial charge on any atom is 0.295 e. The van der Waals surface area contributed by atoms with E-state index >= 15 is 0 Å². The van der Waals surface area contributed by atoms with E-state index in [-0.39, 0.29) is 60.5 Å². The summed E-state index contributed by atoms with van der Waals surface area (Å²) < 4.78 is 13.9. The number of nitrogens with one attached hydrogen (secondary N) is 2. The molecule has 0 spiro atoms. The van der Waals surface area contributed by atoms with Crippen LogP contribution in [0.2, 0.25) is 0 Å². The third kappa shape index (κ3) is 10.5. The van der Waals surface area contributed by atoms with E-state index in [4.69, 9.17) is 14.3 Å². The van der Waals surface area contributed by atoms with Crippen LogP contribution in [-0.4, -0.2) is 64.2 Å². The molecule has 7 rings (SSSR count). The summed E-state index contributed by atoms with van der Waals surface area (Å²) in [5, 5.41) is 9.84. The van der Waals surface area contributed by atoms with Crippen molar-refractivity contribution >= 4 is 28.5 Å². The number of benzene rings is 4. The highest BCUT2D eigenvalue weighted by atomic mass is 16.6. The number of fused-ring (bicyclic) bond motifs is 1. The normalized spacial score (nSPS) is 19.5. The van der Waals surface area contributed by atoms with Gasteiger partial charge in [0.2, 0.25) is 5.91 Å². The van der Waals surface area contributed by atoms with Gasteiger partial charge in [-0.3, -0.25) is 19.2 Å². The maximum absolute atomic E-state index is 14.4. The van der Waals surface area contributed by atoms with Crippen molar-refractivity contribution in [2.24, 2.45) is 5.92 Å². The molecule has 4 aromatic carbocycles. The molecule has 1 heterocycles. The molecule has 11 nitrogen and oxygen atoms in total. The van der Waals surface area contributed by atoms with Crippen LogP contribution in [0, 0.1) is 5.92 Å². The minimum atomic E-state index is -0.615. The third-order valence-electron chi connectivity index (χ3n) is 11.3. The predicted octanol–water partition coefficient (Wildman–Crippen LogP) is 7.39. The first kappa shape index (κ1) is 39.9. The average Bonchev–Trinajstić information content (AvgIpc) is 3.67. The van der Waals surface area contributed by atoms with Gasteiger partial charge in [0.25, 0.3) is 11.8 Å². The van der Waals surface area contributed by atoms with Crippen molar-refractivity contribution in [1.29, 1.82) is 0 Å². The van der Waals surface area contributed by atoms with E-state index in [0.29, 0.717) is 19.8 Å². The number of rotatable bonds is 16. The highest BCUT2D eigenvalue weighted by Crippen LogP contribution is 2.28. The van der Waals surface area contributed by atoms with Crippen molar-refractivity contribution in [1.82, 2.24) is 25.5 Å². The van der Waals surface area contributed by atoms with Crippen LogP contribution in [0.5, 0.6) is 0 Å². The van der Waals surface area contributed by atoms with Crippen molar-refractivity contribution < 1.29 is 28.7 Å². The second-order valence-corrected chi connectivity index (χ2v) is 15.3. The molecule has 0 bridgehead atoms. The fraction of sp³-hybridized carbons (Fsp3) is 0.391. The Morgan fingerprint density at radius 1 is 0.772 bits per heavy atom. The lowest BCUT2D eigenvalue weighted by Crippen LogP contribution is -2.48.